The summed E-state index contributed by atoms with van der Waals surface area (Å²) in [5, 5.41) is 4.25. The van der Waals surface area contributed by atoms with Gasteiger partial charge in [0.15, 0.2) is 0 Å². The first-order chi connectivity index (χ1) is 8.88. The van der Waals surface area contributed by atoms with Gasteiger partial charge < -0.3 is 5.73 Å². The first-order valence-electron chi connectivity index (χ1n) is 6.20. The van der Waals surface area contributed by atoms with Crippen LogP contribution in [0.4, 0.5) is 0 Å². The summed E-state index contributed by atoms with van der Waals surface area (Å²) in [6, 6.07) is 8.19. The lowest BCUT2D eigenvalue weighted by Crippen LogP contribution is -2.20. The highest BCUT2D eigenvalue weighted by molar-refractivity contribution is 9.10. The van der Waals surface area contributed by atoms with Crippen LogP contribution in [-0.2, 0) is 11.8 Å². The Hall–Kier alpha value is -0.780. The maximum Gasteiger partial charge on any atom is 0.0857 e. The van der Waals surface area contributed by atoms with Gasteiger partial charge in [0.1, 0.15) is 0 Å². The molecular formula is C14H18BrN3S. The number of hydrogen-bond acceptors (Lipinski definition) is 4. The van der Waals surface area contributed by atoms with Crippen LogP contribution >= 0.6 is 27.5 Å². The summed E-state index contributed by atoms with van der Waals surface area (Å²) in [6.07, 6.45) is 0.798. The second-order valence-corrected chi connectivity index (χ2v) is 7.38. The lowest BCUT2D eigenvalue weighted by Gasteiger charge is -2.19. The summed E-state index contributed by atoms with van der Waals surface area (Å²) < 4.78 is 5.15. The van der Waals surface area contributed by atoms with Gasteiger partial charge in [0.25, 0.3) is 0 Å². The highest BCUT2D eigenvalue weighted by atomic mass is 79.9. The van der Waals surface area contributed by atoms with Crippen molar-refractivity contribution in [3.63, 3.8) is 0 Å². The van der Waals surface area contributed by atoms with Gasteiger partial charge in [-0.05, 0) is 35.6 Å². The number of aromatic nitrogens is 2. The van der Waals surface area contributed by atoms with E-state index in [1.807, 2.05) is 12.1 Å². The number of rotatable bonds is 3. The fourth-order valence-corrected chi connectivity index (χ4v) is 3.28. The number of halogens is 1. The molecule has 0 amide bonds. The van der Waals surface area contributed by atoms with Crippen molar-refractivity contribution in [2.45, 2.75) is 38.6 Å². The second kappa shape index (κ2) is 5.69. The summed E-state index contributed by atoms with van der Waals surface area (Å²) in [7, 11) is 0. The third-order valence-corrected chi connectivity index (χ3v) is 4.25. The zero-order valence-corrected chi connectivity index (χ0v) is 13.8. The van der Waals surface area contributed by atoms with E-state index in [0.717, 1.165) is 21.5 Å². The Labute approximate surface area is 126 Å². The lowest BCUT2D eigenvalue weighted by atomic mass is 9.89. The molecule has 1 atom stereocenters. The predicted molar refractivity (Wildman–Crippen MR) is 83.4 cm³/mol. The molecule has 0 bridgehead atoms. The molecule has 3 nitrogen and oxygen atoms in total. The van der Waals surface area contributed by atoms with Gasteiger partial charge in [-0.3, -0.25) is 0 Å². The molecule has 0 aliphatic rings. The van der Waals surface area contributed by atoms with Crippen molar-refractivity contribution in [2.75, 3.05) is 0 Å². The molecule has 1 heterocycles. The molecule has 1 unspecified atom stereocenters. The summed E-state index contributed by atoms with van der Waals surface area (Å²) in [6.45, 7) is 6.41. The van der Waals surface area contributed by atoms with Crippen molar-refractivity contribution in [3.05, 3.63) is 44.9 Å². The van der Waals surface area contributed by atoms with E-state index in [1.54, 1.807) is 0 Å². The van der Waals surface area contributed by atoms with Crippen LogP contribution in [0.3, 0.4) is 0 Å². The van der Waals surface area contributed by atoms with Gasteiger partial charge in [-0.2, -0.15) is 0 Å². The standard InChI is InChI=1S/C14H18BrN3S/c1-14(2,3)13-12(19-18-17-13)11(16)8-9-5-4-6-10(15)7-9/h4-7,11H,8,16H2,1-3H3. The topological polar surface area (TPSA) is 51.8 Å². The summed E-state index contributed by atoms with van der Waals surface area (Å²) in [5.74, 6) is 0. The van der Waals surface area contributed by atoms with E-state index >= 15 is 0 Å². The van der Waals surface area contributed by atoms with Crippen LogP contribution < -0.4 is 5.73 Å². The average molecular weight is 340 g/mol. The molecule has 5 heteroatoms. The van der Waals surface area contributed by atoms with Crippen molar-refractivity contribution in [3.8, 4) is 0 Å². The Kier molecular flexibility index (Phi) is 4.38. The molecule has 0 aliphatic carbocycles. The molecule has 102 valence electrons. The molecule has 0 radical (unpaired) electrons. The number of nitrogens with two attached hydrogens (primary N) is 1. The highest BCUT2D eigenvalue weighted by Gasteiger charge is 2.25. The Balaban J connectivity index is 2.21. The van der Waals surface area contributed by atoms with E-state index in [9.17, 15) is 0 Å². The first kappa shape index (κ1) is 14.6. The molecule has 0 saturated carbocycles. The molecule has 0 aliphatic heterocycles. The molecule has 0 saturated heterocycles. The van der Waals surface area contributed by atoms with Gasteiger partial charge in [0.2, 0.25) is 0 Å². The van der Waals surface area contributed by atoms with E-state index in [4.69, 9.17) is 5.73 Å². The van der Waals surface area contributed by atoms with Gasteiger partial charge in [-0.15, -0.1) is 5.10 Å². The zero-order valence-electron chi connectivity index (χ0n) is 11.4. The van der Waals surface area contributed by atoms with Gasteiger partial charge >= 0.3 is 0 Å². The van der Waals surface area contributed by atoms with Crippen LogP contribution in [0.5, 0.6) is 0 Å². The van der Waals surface area contributed by atoms with Crippen molar-refractivity contribution < 1.29 is 0 Å². The van der Waals surface area contributed by atoms with E-state index in [-0.39, 0.29) is 11.5 Å². The maximum absolute atomic E-state index is 6.33. The van der Waals surface area contributed by atoms with Crippen molar-refractivity contribution in [1.29, 1.82) is 0 Å². The first-order valence-corrected chi connectivity index (χ1v) is 7.77. The molecule has 0 fully saturated rings. The average Bonchev–Trinajstić information content (AvgIpc) is 2.77. The van der Waals surface area contributed by atoms with Crippen LogP contribution in [0.15, 0.2) is 28.7 Å². The van der Waals surface area contributed by atoms with E-state index in [1.165, 1.54) is 17.1 Å². The third-order valence-electron chi connectivity index (χ3n) is 2.91. The Morgan fingerprint density at radius 2 is 2.11 bits per heavy atom. The minimum Gasteiger partial charge on any atom is -0.323 e. The van der Waals surface area contributed by atoms with E-state index in [2.05, 4.69) is 58.4 Å². The fourth-order valence-electron chi connectivity index (χ4n) is 1.97. The quantitative estimate of drug-likeness (QED) is 0.924. The number of hydrogen-bond donors (Lipinski definition) is 1. The number of benzene rings is 1. The van der Waals surface area contributed by atoms with E-state index < -0.39 is 0 Å². The summed E-state index contributed by atoms with van der Waals surface area (Å²) in [4.78, 5) is 1.09. The van der Waals surface area contributed by atoms with Gasteiger partial charge in [0, 0.05) is 15.9 Å². The molecule has 2 rings (SSSR count). The molecule has 1 aromatic heterocycles. The van der Waals surface area contributed by atoms with Gasteiger partial charge in [-0.1, -0.05) is 53.3 Å². The van der Waals surface area contributed by atoms with Crippen LogP contribution in [0.25, 0.3) is 0 Å². The predicted octanol–water partition coefficient (Wildman–Crippen LogP) is 3.84. The fraction of sp³-hybridized carbons (Fsp3) is 0.429. The largest absolute Gasteiger partial charge is 0.323 e. The van der Waals surface area contributed by atoms with E-state index in [0.29, 0.717) is 0 Å². The molecule has 2 aromatic rings. The Bertz CT molecular complexity index is 560. The van der Waals surface area contributed by atoms with Crippen LogP contribution in [0, 0.1) is 0 Å². The maximum atomic E-state index is 6.33. The highest BCUT2D eigenvalue weighted by Crippen LogP contribution is 2.31. The smallest absolute Gasteiger partial charge is 0.0857 e. The third kappa shape index (κ3) is 3.61. The van der Waals surface area contributed by atoms with Crippen molar-refractivity contribution >= 4 is 27.5 Å². The van der Waals surface area contributed by atoms with Gasteiger partial charge in [0.05, 0.1) is 10.6 Å². The molecule has 0 spiro atoms. The molecule has 1 aromatic carbocycles. The minimum absolute atomic E-state index is 0.0166. The Morgan fingerprint density at radius 1 is 1.37 bits per heavy atom. The Morgan fingerprint density at radius 3 is 2.74 bits per heavy atom. The molecule has 19 heavy (non-hydrogen) atoms. The van der Waals surface area contributed by atoms with Crippen LogP contribution in [0.1, 0.15) is 42.9 Å². The van der Waals surface area contributed by atoms with Gasteiger partial charge in [-0.25, -0.2) is 0 Å². The second-order valence-electron chi connectivity index (χ2n) is 5.68. The SMILES string of the molecule is CC(C)(C)c1nnsc1C(N)Cc1cccc(Br)c1. The number of nitrogens with zero attached hydrogens (tertiary/aromatic N) is 2. The molecular weight excluding hydrogens is 322 g/mol. The monoisotopic (exact) mass is 339 g/mol. The molecule has 2 N–H and O–H groups in total. The minimum atomic E-state index is -0.0523. The van der Waals surface area contributed by atoms with Crippen LogP contribution in [0.2, 0.25) is 0 Å². The lowest BCUT2D eigenvalue weighted by molar-refractivity contribution is 0.550. The normalized spacial score (nSPS) is 13.5. The van der Waals surface area contributed by atoms with Crippen molar-refractivity contribution in [1.82, 2.24) is 9.59 Å². The van der Waals surface area contributed by atoms with Crippen molar-refractivity contribution in [2.24, 2.45) is 5.73 Å². The summed E-state index contributed by atoms with van der Waals surface area (Å²) in [5.41, 5.74) is 8.55. The summed E-state index contributed by atoms with van der Waals surface area (Å²) >= 11 is 4.89. The zero-order chi connectivity index (χ0) is 14.0. The van der Waals surface area contributed by atoms with Crippen LogP contribution in [-0.4, -0.2) is 9.59 Å².